The molecule has 0 bridgehead atoms. The number of benzene rings is 1. The van der Waals surface area contributed by atoms with Crippen LogP contribution in [0.3, 0.4) is 0 Å². The normalized spacial score (nSPS) is 10.3. The second-order valence-electron chi connectivity index (χ2n) is 3.72. The number of rotatable bonds is 4. The molecular formula is C13H11ClFNOS. The van der Waals surface area contributed by atoms with Gasteiger partial charge in [0.05, 0.1) is 6.54 Å². The molecule has 1 aromatic heterocycles. The van der Waals surface area contributed by atoms with Crippen LogP contribution in [-0.2, 0) is 11.3 Å². The lowest BCUT2D eigenvalue weighted by molar-refractivity contribution is -0.116. The van der Waals surface area contributed by atoms with Gasteiger partial charge < -0.3 is 4.90 Å². The van der Waals surface area contributed by atoms with E-state index in [1.165, 1.54) is 17.0 Å². The molecule has 0 aliphatic rings. The third kappa shape index (κ3) is 3.09. The Labute approximate surface area is 114 Å². The third-order valence-electron chi connectivity index (χ3n) is 2.46. The summed E-state index contributed by atoms with van der Waals surface area (Å²) in [5.41, 5.74) is 1.52. The molecule has 0 atom stereocenters. The van der Waals surface area contributed by atoms with Crippen molar-refractivity contribution in [3.63, 3.8) is 0 Å². The Morgan fingerprint density at radius 3 is 2.83 bits per heavy atom. The van der Waals surface area contributed by atoms with Gasteiger partial charge in [0.1, 0.15) is 11.7 Å². The zero-order valence-electron chi connectivity index (χ0n) is 9.48. The summed E-state index contributed by atoms with van der Waals surface area (Å²) in [4.78, 5) is 13.3. The van der Waals surface area contributed by atoms with Gasteiger partial charge in [0.2, 0.25) is 5.91 Å². The monoisotopic (exact) mass is 283 g/mol. The van der Waals surface area contributed by atoms with Crippen molar-refractivity contribution in [2.45, 2.75) is 6.54 Å². The number of carbonyl (C=O) groups is 1. The average molecular weight is 284 g/mol. The fourth-order valence-corrected chi connectivity index (χ4v) is 2.41. The molecule has 0 spiro atoms. The molecule has 5 heteroatoms. The van der Waals surface area contributed by atoms with E-state index in [1.54, 1.807) is 23.5 Å². The summed E-state index contributed by atoms with van der Waals surface area (Å²) in [7, 11) is 0. The molecule has 0 fully saturated rings. The van der Waals surface area contributed by atoms with Crippen LogP contribution in [0, 0.1) is 5.82 Å². The molecule has 1 heterocycles. The van der Waals surface area contributed by atoms with Crippen LogP contribution >= 0.6 is 22.9 Å². The van der Waals surface area contributed by atoms with Gasteiger partial charge in [-0.25, -0.2) is 4.39 Å². The summed E-state index contributed by atoms with van der Waals surface area (Å²) in [6.07, 6.45) is 0. The number of hydrogen-bond acceptors (Lipinski definition) is 2. The second-order valence-corrected chi connectivity index (χ2v) is 4.77. The van der Waals surface area contributed by atoms with Crippen molar-refractivity contribution in [1.82, 2.24) is 0 Å². The smallest absolute Gasteiger partial charge is 0.242 e. The van der Waals surface area contributed by atoms with E-state index in [-0.39, 0.29) is 17.6 Å². The molecule has 1 aromatic carbocycles. The van der Waals surface area contributed by atoms with Crippen LogP contribution in [0.1, 0.15) is 5.56 Å². The van der Waals surface area contributed by atoms with Crippen molar-refractivity contribution in [2.24, 2.45) is 0 Å². The van der Waals surface area contributed by atoms with Crippen molar-refractivity contribution in [3.8, 4) is 0 Å². The van der Waals surface area contributed by atoms with Gasteiger partial charge in [-0.15, -0.1) is 11.6 Å². The van der Waals surface area contributed by atoms with Crippen molar-refractivity contribution in [1.29, 1.82) is 0 Å². The fraction of sp³-hybridized carbons (Fsp3) is 0.154. The minimum atomic E-state index is -0.370. The maximum absolute atomic E-state index is 13.2. The molecule has 2 nitrogen and oxygen atoms in total. The zero-order valence-corrected chi connectivity index (χ0v) is 11.0. The van der Waals surface area contributed by atoms with E-state index in [4.69, 9.17) is 11.6 Å². The van der Waals surface area contributed by atoms with Crippen molar-refractivity contribution in [3.05, 3.63) is 52.5 Å². The molecule has 94 valence electrons. The Balaban J connectivity index is 2.28. The Morgan fingerprint density at radius 2 is 2.22 bits per heavy atom. The van der Waals surface area contributed by atoms with Gasteiger partial charge in [0.15, 0.2) is 0 Å². The first-order valence-corrected chi connectivity index (χ1v) is 6.81. The first-order valence-electron chi connectivity index (χ1n) is 5.33. The molecule has 0 radical (unpaired) electrons. The highest BCUT2D eigenvalue weighted by Gasteiger charge is 2.15. The van der Waals surface area contributed by atoms with E-state index >= 15 is 0 Å². The molecule has 18 heavy (non-hydrogen) atoms. The molecule has 0 saturated carbocycles. The fourth-order valence-electron chi connectivity index (χ4n) is 1.60. The number of anilines is 1. The van der Waals surface area contributed by atoms with E-state index in [9.17, 15) is 9.18 Å². The summed E-state index contributed by atoms with van der Waals surface area (Å²) in [5, 5.41) is 3.89. The molecule has 0 saturated heterocycles. The van der Waals surface area contributed by atoms with E-state index in [2.05, 4.69) is 0 Å². The van der Waals surface area contributed by atoms with Crippen molar-refractivity contribution >= 4 is 34.5 Å². The van der Waals surface area contributed by atoms with E-state index in [0.29, 0.717) is 12.2 Å². The van der Waals surface area contributed by atoms with Crippen LogP contribution in [-0.4, -0.2) is 11.8 Å². The van der Waals surface area contributed by atoms with Gasteiger partial charge in [-0.3, -0.25) is 4.79 Å². The zero-order chi connectivity index (χ0) is 13.0. The lowest BCUT2D eigenvalue weighted by Crippen LogP contribution is -2.31. The lowest BCUT2D eigenvalue weighted by atomic mass is 10.2. The van der Waals surface area contributed by atoms with Crippen LogP contribution in [0.4, 0.5) is 10.1 Å². The van der Waals surface area contributed by atoms with Crippen LogP contribution in [0.25, 0.3) is 0 Å². The van der Waals surface area contributed by atoms with Crippen LogP contribution in [0.15, 0.2) is 41.1 Å². The van der Waals surface area contributed by atoms with Gasteiger partial charge in [-0.2, -0.15) is 11.3 Å². The maximum Gasteiger partial charge on any atom is 0.242 e. The van der Waals surface area contributed by atoms with Gasteiger partial charge in [0.25, 0.3) is 0 Å². The molecular weight excluding hydrogens is 273 g/mol. The van der Waals surface area contributed by atoms with Crippen LogP contribution < -0.4 is 4.90 Å². The largest absolute Gasteiger partial charge is 0.307 e. The number of halogens is 2. The predicted molar refractivity (Wildman–Crippen MR) is 72.6 cm³/mol. The van der Waals surface area contributed by atoms with Crippen molar-refractivity contribution < 1.29 is 9.18 Å². The van der Waals surface area contributed by atoms with Gasteiger partial charge >= 0.3 is 0 Å². The van der Waals surface area contributed by atoms with Crippen LogP contribution in [0.5, 0.6) is 0 Å². The van der Waals surface area contributed by atoms with E-state index in [1.807, 2.05) is 16.8 Å². The molecule has 1 amide bonds. The first kappa shape index (κ1) is 13.1. The summed E-state index contributed by atoms with van der Waals surface area (Å²) < 4.78 is 13.2. The topological polar surface area (TPSA) is 20.3 Å². The number of nitrogens with zero attached hydrogens (tertiary/aromatic N) is 1. The standard InChI is InChI=1S/C13H11ClFNOS/c14-7-13(17)16(8-10-4-5-18-9-10)12-3-1-2-11(15)6-12/h1-6,9H,7-8H2. The van der Waals surface area contributed by atoms with E-state index in [0.717, 1.165) is 5.56 Å². The molecule has 0 aliphatic carbocycles. The Hall–Kier alpha value is -1.39. The third-order valence-corrected chi connectivity index (χ3v) is 3.42. The highest BCUT2D eigenvalue weighted by Crippen LogP contribution is 2.20. The highest BCUT2D eigenvalue weighted by atomic mass is 35.5. The quantitative estimate of drug-likeness (QED) is 0.784. The summed E-state index contributed by atoms with van der Waals surface area (Å²) in [5.74, 6) is -0.737. The molecule has 0 unspecified atom stereocenters. The minimum absolute atomic E-state index is 0.124. The van der Waals surface area contributed by atoms with Gasteiger partial charge in [0, 0.05) is 5.69 Å². The highest BCUT2D eigenvalue weighted by molar-refractivity contribution is 7.07. The van der Waals surface area contributed by atoms with E-state index < -0.39 is 0 Å². The number of hydrogen-bond donors (Lipinski definition) is 0. The Kier molecular flexibility index (Phi) is 4.33. The minimum Gasteiger partial charge on any atom is -0.307 e. The molecule has 0 aliphatic heterocycles. The first-order chi connectivity index (χ1) is 8.70. The van der Waals surface area contributed by atoms with Crippen LogP contribution in [0.2, 0.25) is 0 Å². The maximum atomic E-state index is 13.2. The summed E-state index contributed by atoms with van der Waals surface area (Å²) >= 11 is 7.15. The predicted octanol–water partition coefficient (Wildman–Crippen LogP) is 3.66. The lowest BCUT2D eigenvalue weighted by Gasteiger charge is -2.21. The van der Waals surface area contributed by atoms with Gasteiger partial charge in [-0.05, 0) is 40.6 Å². The average Bonchev–Trinajstić information content (AvgIpc) is 2.88. The number of thiophene rings is 1. The molecule has 0 N–H and O–H groups in total. The van der Waals surface area contributed by atoms with Gasteiger partial charge in [-0.1, -0.05) is 6.07 Å². The number of amides is 1. The number of carbonyl (C=O) groups excluding carboxylic acids is 1. The summed E-state index contributed by atoms with van der Waals surface area (Å²) in [6.45, 7) is 0.401. The Bertz CT molecular complexity index is 530. The second kappa shape index (κ2) is 5.98. The van der Waals surface area contributed by atoms with Crippen molar-refractivity contribution in [2.75, 3.05) is 10.8 Å². The molecule has 2 rings (SSSR count). The Morgan fingerprint density at radius 1 is 1.39 bits per heavy atom. The SMILES string of the molecule is O=C(CCl)N(Cc1ccsc1)c1cccc(F)c1. The molecule has 2 aromatic rings. The number of alkyl halides is 1. The summed E-state index contributed by atoms with van der Waals surface area (Å²) in [6, 6.07) is 7.87.